The first-order valence-corrected chi connectivity index (χ1v) is 7.50. The molecule has 2 unspecified atom stereocenters. The van der Waals surface area contributed by atoms with Gasteiger partial charge in [-0.15, -0.1) is 0 Å². The molecule has 1 rings (SSSR count). The third-order valence-corrected chi connectivity index (χ3v) is 4.40. The van der Waals surface area contributed by atoms with Crippen molar-refractivity contribution in [3.05, 3.63) is 0 Å². The van der Waals surface area contributed by atoms with Gasteiger partial charge >= 0.3 is 0 Å². The van der Waals surface area contributed by atoms with Gasteiger partial charge in [-0.05, 0) is 33.1 Å². The first-order chi connectivity index (χ1) is 7.63. The van der Waals surface area contributed by atoms with E-state index in [1.807, 2.05) is 11.8 Å². The largest absolute Gasteiger partial charge is 0.381 e. The maximum absolute atomic E-state index is 5.95. The summed E-state index contributed by atoms with van der Waals surface area (Å²) in [7, 11) is 2.20. The van der Waals surface area contributed by atoms with Gasteiger partial charge in [0.2, 0.25) is 0 Å². The molecule has 0 aromatic rings. The molecule has 0 saturated carbocycles. The maximum atomic E-state index is 5.95. The minimum atomic E-state index is 0.194. The van der Waals surface area contributed by atoms with E-state index < -0.39 is 0 Å². The quantitative estimate of drug-likeness (QED) is 0.769. The molecule has 0 aromatic carbocycles. The lowest BCUT2D eigenvalue weighted by Crippen LogP contribution is -2.49. The van der Waals surface area contributed by atoms with Crippen LogP contribution in [0, 0.1) is 5.41 Å². The molecule has 1 saturated heterocycles. The second kappa shape index (κ2) is 6.84. The molecule has 3 nitrogen and oxygen atoms in total. The molecule has 1 fully saturated rings. The van der Waals surface area contributed by atoms with E-state index in [4.69, 9.17) is 10.5 Å². The normalized spacial score (nSPS) is 28.3. The summed E-state index contributed by atoms with van der Waals surface area (Å²) in [5, 5.41) is 0. The van der Waals surface area contributed by atoms with Crippen molar-refractivity contribution < 1.29 is 4.74 Å². The van der Waals surface area contributed by atoms with Crippen molar-refractivity contribution in [2.45, 2.75) is 25.8 Å². The Hall–Kier alpha value is 0.230. The number of thioether (sulfide) groups is 1. The molecule has 1 heterocycles. The molecule has 96 valence electrons. The smallest absolute Gasteiger partial charge is 0.0546 e. The third kappa shape index (κ3) is 3.91. The molecule has 1 aliphatic heterocycles. The van der Waals surface area contributed by atoms with E-state index >= 15 is 0 Å². The van der Waals surface area contributed by atoms with Gasteiger partial charge in [-0.25, -0.2) is 0 Å². The average Bonchev–Trinajstić information content (AvgIpc) is 2.30. The van der Waals surface area contributed by atoms with E-state index in [1.54, 1.807) is 0 Å². The van der Waals surface area contributed by atoms with Gasteiger partial charge in [-0.2, -0.15) is 11.8 Å². The van der Waals surface area contributed by atoms with Gasteiger partial charge < -0.3 is 15.4 Å². The number of ether oxygens (including phenoxy) is 1. The minimum Gasteiger partial charge on any atom is -0.381 e. The van der Waals surface area contributed by atoms with Crippen LogP contribution in [-0.2, 0) is 4.74 Å². The molecular weight excluding hydrogens is 220 g/mol. The predicted molar refractivity (Wildman–Crippen MR) is 72.0 cm³/mol. The third-order valence-electron chi connectivity index (χ3n) is 3.58. The Balaban J connectivity index is 2.48. The Morgan fingerprint density at radius 3 is 2.81 bits per heavy atom. The first-order valence-electron chi connectivity index (χ1n) is 6.10. The lowest BCUT2D eigenvalue weighted by Gasteiger charge is -2.40. The van der Waals surface area contributed by atoms with Crippen molar-refractivity contribution in [3.63, 3.8) is 0 Å². The van der Waals surface area contributed by atoms with E-state index in [9.17, 15) is 0 Å². The molecular formula is C12H26N2OS. The van der Waals surface area contributed by atoms with Crippen LogP contribution in [-0.4, -0.2) is 56.3 Å². The van der Waals surface area contributed by atoms with Crippen molar-refractivity contribution >= 4 is 11.8 Å². The average molecular weight is 246 g/mol. The lowest BCUT2D eigenvalue weighted by molar-refractivity contribution is -0.0217. The summed E-state index contributed by atoms with van der Waals surface area (Å²) < 4.78 is 5.61. The van der Waals surface area contributed by atoms with Crippen LogP contribution in [0.25, 0.3) is 0 Å². The number of nitrogens with two attached hydrogens (primary N) is 1. The maximum Gasteiger partial charge on any atom is 0.0546 e. The van der Waals surface area contributed by atoms with Gasteiger partial charge in [0.15, 0.2) is 0 Å². The monoisotopic (exact) mass is 246 g/mol. The fourth-order valence-corrected chi connectivity index (χ4v) is 3.05. The summed E-state index contributed by atoms with van der Waals surface area (Å²) in [6.45, 7) is 5.82. The van der Waals surface area contributed by atoms with Crippen molar-refractivity contribution in [2.75, 3.05) is 45.4 Å². The zero-order chi connectivity index (χ0) is 12.0. The number of nitrogens with zero attached hydrogens (tertiary/aromatic N) is 1. The molecule has 0 spiro atoms. The summed E-state index contributed by atoms with van der Waals surface area (Å²) >= 11 is 1.90. The predicted octanol–water partition coefficient (Wildman–Crippen LogP) is 1.43. The van der Waals surface area contributed by atoms with Crippen LogP contribution in [0.2, 0.25) is 0 Å². The van der Waals surface area contributed by atoms with E-state index in [0.29, 0.717) is 6.04 Å². The Morgan fingerprint density at radius 1 is 1.56 bits per heavy atom. The topological polar surface area (TPSA) is 38.5 Å². The lowest BCUT2D eigenvalue weighted by atomic mass is 9.82. The highest BCUT2D eigenvalue weighted by Gasteiger charge is 2.33. The highest BCUT2D eigenvalue weighted by atomic mass is 32.2. The van der Waals surface area contributed by atoms with Gasteiger partial charge in [0, 0.05) is 36.9 Å². The van der Waals surface area contributed by atoms with Gasteiger partial charge in [-0.3, -0.25) is 0 Å². The molecule has 0 radical (unpaired) electrons. The second-order valence-electron chi connectivity index (χ2n) is 5.08. The van der Waals surface area contributed by atoms with E-state index in [1.165, 1.54) is 12.2 Å². The zero-order valence-corrected chi connectivity index (χ0v) is 11.7. The summed E-state index contributed by atoms with van der Waals surface area (Å²) in [6.07, 6.45) is 4.52. The Labute approximate surface area is 104 Å². The molecule has 2 N–H and O–H groups in total. The van der Waals surface area contributed by atoms with Crippen molar-refractivity contribution in [2.24, 2.45) is 11.1 Å². The standard InChI is InChI=1S/C12H26N2OS/c1-11(7-16-3)14(2)9-12(8-13)5-4-6-15-10-12/h11H,4-10,13H2,1-3H3. The molecule has 4 heteroatoms. The minimum absolute atomic E-state index is 0.194. The molecule has 0 aliphatic carbocycles. The Bertz CT molecular complexity index is 195. The summed E-state index contributed by atoms with van der Waals surface area (Å²) in [6, 6.07) is 0.611. The van der Waals surface area contributed by atoms with E-state index in [2.05, 4.69) is 25.1 Å². The number of hydrogen-bond acceptors (Lipinski definition) is 4. The van der Waals surface area contributed by atoms with E-state index in [-0.39, 0.29) is 5.41 Å². The molecule has 0 amide bonds. The molecule has 1 aliphatic rings. The van der Waals surface area contributed by atoms with Crippen LogP contribution in [0.4, 0.5) is 0 Å². The van der Waals surface area contributed by atoms with Gasteiger partial charge in [-0.1, -0.05) is 0 Å². The fourth-order valence-electron chi connectivity index (χ4n) is 2.31. The Morgan fingerprint density at radius 2 is 2.31 bits per heavy atom. The summed E-state index contributed by atoms with van der Waals surface area (Å²) in [4.78, 5) is 2.43. The van der Waals surface area contributed by atoms with Crippen LogP contribution in [0.15, 0.2) is 0 Å². The molecule has 0 bridgehead atoms. The molecule has 0 aromatic heterocycles. The van der Waals surface area contributed by atoms with Crippen molar-refractivity contribution in [1.82, 2.24) is 4.90 Å². The number of hydrogen-bond donors (Lipinski definition) is 1. The highest BCUT2D eigenvalue weighted by Crippen LogP contribution is 2.28. The second-order valence-corrected chi connectivity index (χ2v) is 5.99. The summed E-state index contributed by atoms with van der Waals surface area (Å²) in [5.74, 6) is 1.18. The van der Waals surface area contributed by atoms with Crippen LogP contribution >= 0.6 is 11.8 Å². The van der Waals surface area contributed by atoms with Gasteiger partial charge in [0.1, 0.15) is 0 Å². The van der Waals surface area contributed by atoms with Crippen LogP contribution in [0.1, 0.15) is 19.8 Å². The molecule has 2 atom stereocenters. The van der Waals surface area contributed by atoms with Gasteiger partial charge in [0.25, 0.3) is 0 Å². The molecule has 16 heavy (non-hydrogen) atoms. The SMILES string of the molecule is CSCC(C)N(C)CC1(CN)CCCOC1. The summed E-state index contributed by atoms with van der Waals surface area (Å²) in [5.41, 5.74) is 6.14. The first kappa shape index (κ1) is 14.3. The Kier molecular flexibility index (Phi) is 6.11. The van der Waals surface area contributed by atoms with Crippen molar-refractivity contribution in [3.8, 4) is 0 Å². The van der Waals surface area contributed by atoms with Crippen LogP contribution < -0.4 is 5.73 Å². The van der Waals surface area contributed by atoms with Gasteiger partial charge in [0.05, 0.1) is 6.61 Å². The van der Waals surface area contributed by atoms with Crippen LogP contribution in [0.3, 0.4) is 0 Å². The zero-order valence-electron chi connectivity index (χ0n) is 10.9. The number of rotatable bonds is 6. The van der Waals surface area contributed by atoms with Crippen LogP contribution in [0.5, 0.6) is 0 Å². The fraction of sp³-hybridized carbons (Fsp3) is 1.00. The van der Waals surface area contributed by atoms with Crippen molar-refractivity contribution in [1.29, 1.82) is 0 Å². The van der Waals surface area contributed by atoms with E-state index in [0.717, 1.165) is 32.7 Å². The highest BCUT2D eigenvalue weighted by molar-refractivity contribution is 7.98.